The summed E-state index contributed by atoms with van der Waals surface area (Å²) >= 11 is 1.25. The van der Waals surface area contributed by atoms with Crippen LogP contribution in [0.2, 0.25) is 0 Å². The van der Waals surface area contributed by atoms with E-state index in [1.54, 1.807) is 32.5 Å². The summed E-state index contributed by atoms with van der Waals surface area (Å²) in [5, 5.41) is 9.37. The lowest BCUT2D eigenvalue weighted by Gasteiger charge is -2.14. The molecule has 1 aromatic heterocycles. The fourth-order valence-electron chi connectivity index (χ4n) is 3.98. The Labute approximate surface area is 296 Å². The summed E-state index contributed by atoms with van der Waals surface area (Å²) in [4.78, 5) is 38.0. The van der Waals surface area contributed by atoms with E-state index in [-0.39, 0.29) is 17.5 Å². The van der Waals surface area contributed by atoms with Crippen LogP contribution >= 0.6 is 11.8 Å². The lowest BCUT2D eigenvalue weighted by molar-refractivity contribution is -0.117. The molecule has 0 bridgehead atoms. The van der Waals surface area contributed by atoms with Crippen molar-refractivity contribution >= 4 is 46.8 Å². The zero-order valence-corrected chi connectivity index (χ0v) is 31.1. The minimum atomic E-state index is -0.320. The molecule has 12 heteroatoms. The number of nitrogens with one attached hydrogen (secondary N) is 2. The lowest BCUT2D eigenvalue weighted by atomic mass is 10.1. The first-order valence-corrected chi connectivity index (χ1v) is 16.9. The van der Waals surface area contributed by atoms with E-state index in [4.69, 9.17) is 29.5 Å². The average Bonchev–Trinajstić information content (AvgIpc) is 3.14. The summed E-state index contributed by atoms with van der Waals surface area (Å²) < 4.78 is 17.0. The molecule has 3 aromatic rings. The maximum absolute atomic E-state index is 12.5. The molecule has 270 valence electrons. The average molecular weight is 698 g/mol. The first-order valence-electron chi connectivity index (χ1n) is 16.0. The molecule has 3 rings (SSSR count). The minimum Gasteiger partial charge on any atom is -0.493 e. The van der Waals surface area contributed by atoms with Gasteiger partial charge in [0.05, 0.1) is 26.2 Å². The molecule has 0 fully saturated rings. The second-order valence-corrected chi connectivity index (χ2v) is 10.0. The van der Waals surface area contributed by atoms with Crippen LogP contribution in [0.15, 0.2) is 77.8 Å². The van der Waals surface area contributed by atoms with Crippen LogP contribution in [-0.4, -0.2) is 70.0 Å². The maximum Gasteiger partial charge on any atom is 0.252 e. The van der Waals surface area contributed by atoms with Gasteiger partial charge in [0.25, 0.3) is 5.91 Å². The Bertz CT molecular complexity index is 1410. The van der Waals surface area contributed by atoms with Crippen molar-refractivity contribution in [3.63, 3.8) is 0 Å². The van der Waals surface area contributed by atoms with Crippen molar-refractivity contribution in [2.45, 2.75) is 59.4 Å². The number of rotatable bonds is 15. The molecule has 0 radical (unpaired) electrons. The number of nitrogens with zero attached hydrogens (tertiary/aromatic N) is 2. The molecular weight excluding hydrogens is 643 g/mol. The van der Waals surface area contributed by atoms with E-state index >= 15 is 0 Å². The lowest BCUT2D eigenvalue weighted by Crippen LogP contribution is -2.28. The number of nitrogens with two attached hydrogens (primary N) is 1. The summed E-state index contributed by atoms with van der Waals surface area (Å²) in [5.74, 6) is 2.05. The largest absolute Gasteiger partial charge is 0.493 e. The number of hydrogen-bond donors (Lipinski definition) is 3. The van der Waals surface area contributed by atoms with Gasteiger partial charge in [-0.2, -0.15) is 4.99 Å². The molecule has 4 N–H and O–H groups in total. The number of allylic oxidation sites excluding steroid dienone is 2. The van der Waals surface area contributed by atoms with E-state index in [1.807, 2.05) is 84.3 Å². The van der Waals surface area contributed by atoms with Gasteiger partial charge >= 0.3 is 0 Å². The van der Waals surface area contributed by atoms with Crippen LogP contribution in [0.5, 0.6) is 23.0 Å². The van der Waals surface area contributed by atoms with Crippen molar-refractivity contribution in [2.75, 3.05) is 34.9 Å². The van der Waals surface area contributed by atoms with Crippen LogP contribution in [0.4, 0.5) is 0 Å². The number of carbonyl (C=O) groups excluding carboxylic acids is 3. The van der Waals surface area contributed by atoms with E-state index < -0.39 is 0 Å². The Morgan fingerprint density at radius 1 is 1.02 bits per heavy atom. The van der Waals surface area contributed by atoms with Crippen molar-refractivity contribution in [3.8, 4) is 23.0 Å². The molecule has 0 saturated carbocycles. The van der Waals surface area contributed by atoms with E-state index in [2.05, 4.69) is 33.3 Å². The number of pyridine rings is 1. The molecule has 11 nitrogen and oxygen atoms in total. The number of carbonyl (C=O) groups is 3. The third-order valence-electron chi connectivity index (χ3n) is 6.14. The zero-order chi connectivity index (χ0) is 37.5. The molecule has 0 spiro atoms. The molecule has 1 amide bonds. The number of aliphatic imine (C=N–C) groups is 1. The summed E-state index contributed by atoms with van der Waals surface area (Å²) in [6, 6.07) is 13.2. The number of aromatic nitrogens is 1. The second kappa shape index (κ2) is 30.8. The highest BCUT2D eigenvalue weighted by atomic mass is 32.2. The zero-order valence-electron chi connectivity index (χ0n) is 30.3. The van der Waals surface area contributed by atoms with E-state index in [0.29, 0.717) is 40.8 Å². The van der Waals surface area contributed by atoms with Crippen LogP contribution in [-0.2, 0) is 20.8 Å². The van der Waals surface area contributed by atoms with E-state index in [9.17, 15) is 4.79 Å². The third kappa shape index (κ3) is 19.2. The first-order chi connectivity index (χ1) is 23.9. The molecule has 49 heavy (non-hydrogen) atoms. The smallest absolute Gasteiger partial charge is 0.252 e. The topological polar surface area (TPSA) is 154 Å². The van der Waals surface area contributed by atoms with Crippen molar-refractivity contribution in [1.29, 1.82) is 0 Å². The van der Waals surface area contributed by atoms with Gasteiger partial charge in [-0.05, 0) is 81.2 Å². The first kappa shape index (κ1) is 46.6. The number of ether oxygens (including phenoxy) is 3. The molecular formula is C37H55N5O6S. The van der Waals surface area contributed by atoms with Gasteiger partial charge in [-0.25, -0.2) is 0 Å². The van der Waals surface area contributed by atoms with E-state index in [1.165, 1.54) is 17.8 Å². The van der Waals surface area contributed by atoms with Gasteiger partial charge in [0.15, 0.2) is 16.7 Å². The highest BCUT2D eigenvalue weighted by molar-refractivity contribution is 8.16. The van der Waals surface area contributed by atoms with Gasteiger partial charge in [-0.1, -0.05) is 64.2 Å². The minimum absolute atomic E-state index is 0.111. The van der Waals surface area contributed by atoms with Gasteiger partial charge in [0.2, 0.25) is 0 Å². The summed E-state index contributed by atoms with van der Waals surface area (Å²) in [7, 11) is 7.10. The van der Waals surface area contributed by atoms with Gasteiger partial charge in [-0.3, -0.25) is 14.6 Å². The Kier molecular flexibility index (Phi) is 29.3. The van der Waals surface area contributed by atoms with Crippen molar-refractivity contribution in [2.24, 2.45) is 10.7 Å². The maximum atomic E-state index is 12.5. The quantitative estimate of drug-likeness (QED) is 0.0658. The monoisotopic (exact) mass is 697 g/mol. The van der Waals surface area contributed by atoms with Crippen LogP contribution in [0.1, 0.15) is 52.5 Å². The van der Waals surface area contributed by atoms with Crippen molar-refractivity contribution in [1.82, 2.24) is 15.6 Å². The Balaban J connectivity index is 0. The molecule has 1 heterocycles. The van der Waals surface area contributed by atoms with Gasteiger partial charge in [0, 0.05) is 23.7 Å². The van der Waals surface area contributed by atoms with Crippen LogP contribution < -0.4 is 30.6 Å². The molecule has 0 aliphatic carbocycles. The van der Waals surface area contributed by atoms with Crippen LogP contribution in [0, 0.1) is 0 Å². The Morgan fingerprint density at radius 3 is 2.27 bits per heavy atom. The Hall–Kier alpha value is -4.52. The SMILES string of the molecule is C=CC=O.C=O.CC.CC.CNCCC(CC/C=C/SC(N)=NC(=O)Cc1cccc(Oc2ccnc3cc(OC)c(OC)cc23)c1)NC. The number of aldehydes is 1. The number of thioether (sulfide) groups is 1. The molecule has 1 atom stereocenters. The fraction of sp³-hybridized carbons (Fsp3) is 0.378. The number of benzene rings is 2. The van der Waals surface area contributed by atoms with Crippen LogP contribution in [0.3, 0.4) is 0 Å². The second-order valence-electron chi connectivity index (χ2n) is 9.12. The van der Waals surface area contributed by atoms with Gasteiger partial charge in [0.1, 0.15) is 24.6 Å². The number of amides is 1. The van der Waals surface area contributed by atoms with Crippen LogP contribution in [0.25, 0.3) is 10.9 Å². The van der Waals surface area contributed by atoms with Crippen molar-refractivity contribution < 1.29 is 28.6 Å². The summed E-state index contributed by atoms with van der Waals surface area (Å²) in [5.41, 5.74) is 7.44. The summed E-state index contributed by atoms with van der Waals surface area (Å²) in [6.45, 7) is 14.1. The number of amidine groups is 1. The standard InChI is InChI=1S/C29H37N5O4S.C3H4O.2C2H6.CH2O/c1-31-13-11-21(32-2)9-5-6-15-39-29(30)34-28(35)17-20-8-7-10-22(16-20)38-25-12-14-33-24-19-27(37-4)26(36-3)18-23(24)25;1-2-3-4;3*1-2/h6-8,10,12,14-16,18-19,21,31-32H,5,9,11,13,17H2,1-4H3,(H2,30,34,35);2-3H,1H2;2*1-2H3;1H2/b15-6+;;;;. The number of fused-ring (bicyclic) bond motifs is 1. The van der Waals surface area contributed by atoms with Crippen molar-refractivity contribution in [3.05, 3.63) is 78.4 Å². The highest BCUT2D eigenvalue weighted by Gasteiger charge is 2.12. The predicted octanol–water partition coefficient (Wildman–Crippen LogP) is 6.89. The molecule has 2 aromatic carbocycles. The fourth-order valence-corrected chi connectivity index (χ4v) is 4.51. The highest BCUT2D eigenvalue weighted by Crippen LogP contribution is 2.37. The third-order valence-corrected chi connectivity index (χ3v) is 6.80. The van der Waals surface area contributed by atoms with Gasteiger partial charge in [-0.15, -0.1) is 0 Å². The molecule has 1 unspecified atom stereocenters. The van der Waals surface area contributed by atoms with Gasteiger partial charge < -0.3 is 35.4 Å². The molecule has 0 aliphatic heterocycles. The predicted molar refractivity (Wildman–Crippen MR) is 205 cm³/mol. The normalized spacial score (nSPS) is 10.7. The molecule has 0 saturated heterocycles. The van der Waals surface area contributed by atoms with E-state index in [0.717, 1.165) is 36.8 Å². The molecule has 0 aliphatic rings. The number of hydrogen-bond acceptors (Lipinski definition) is 10. The number of methoxy groups -OCH3 is 2. The Morgan fingerprint density at radius 2 is 1.67 bits per heavy atom. The summed E-state index contributed by atoms with van der Waals surface area (Å²) in [6.07, 6.45) is 8.69.